The lowest BCUT2D eigenvalue weighted by atomic mass is 10.0. The molecule has 5 heteroatoms. The molecule has 0 unspecified atom stereocenters. The van der Waals surface area contributed by atoms with Gasteiger partial charge >= 0.3 is 0 Å². The first kappa shape index (κ1) is 18.3. The van der Waals surface area contributed by atoms with Gasteiger partial charge in [0.25, 0.3) is 9.05 Å². The lowest BCUT2D eigenvalue weighted by Gasteiger charge is -2.15. The molecular formula is C16H25ClO3S. The van der Waals surface area contributed by atoms with Gasteiger partial charge in [-0.25, -0.2) is 8.42 Å². The van der Waals surface area contributed by atoms with Crippen LogP contribution >= 0.6 is 10.7 Å². The van der Waals surface area contributed by atoms with Gasteiger partial charge in [-0.3, -0.25) is 0 Å². The van der Waals surface area contributed by atoms with Crippen molar-refractivity contribution in [2.45, 2.75) is 63.7 Å². The molecule has 120 valence electrons. The number of hydrogen-bond donors (Lipinski definition) is 0. The Labute approximate surface area is 133 Å². The van der Waals surface area contributed by atoms with E-state index in [1.807, 2.05) is 13.8 Å². The van der Waals surface area contributed by atoms with Gasteiger partial charge in [0.2, 0.25) is 0 Å². The van der Waals surface area contributed by atoms with Crippen molar-refractivity contribution in [3.63, 3.8) is 0 Å². The highest BCUT2D eigenvalue weighted by Crippen LogP contribution is 2.30. The molecule has 0 aliphatic carbocycles. The standard InChI is InChI=1S/C16H25ClO3S/c1-4-5-6-7-8-11-20-16-10-9-14(21(17,18)19)12-15(16)13(2)3/h9-10,12-13H,4-8,11H2,1-3H3. The summed E-state index contributed by atoms with van der Waals surface area (Å²) in [4.78, 5) is 0.128. The molecule has 0 bridgehead atoms. The molecule has 0 saturated carbocycles. The van der Waals surface area contributed by atoms with Crippen molar-refractivity contribution in [2.75, 3.05) is 6.61 Å². The maximum Gasteiger partial charge on any atom is 0.261 e. The van der Waals surface area contributed by atoms with E-state index in [4.69, 9.17) is 15.4 Å². The number of rotatable bonds is 9. The topological polar surface area (TPSA) is 43.4 Å². The van der Waals surface area contributed by atoms with Crippen molar-refractivity contribution in [1.82, 2.24) is 0 Å². The number of hydrogen-bond acceptors (Lipinski definition) is 3. The molecular weight excluding hydrogens is 308 g/mol. The summed E-state index contributed by atoms with van der Waals surface area (Å²) < 4.78 is 28.6. The second-order valence-electron chi connectivity index (χ2n) is 5.55. The van der Waals surface area contributed by atoms with Crippen molar-refractivity contribution >= 4 is 19.7 Å². The Morgan fingerprint density at radius 2 is 1.81 bits per heavy atom. The Morgan fingerprint density at radius 3 is 2.38 bits per heavy atom. The summed E-state index contributed by atoms with van der Waals surface area (Å²) >= 11 is 0. The highest BCUT2D eigenvalue weighted by atomic mass is 35.7. The molecule has 1 aromatic rings. The molecule has 0 amide bonds. The van der Waals surface area contributed by atoms with Crippen LogP contribution < -0.4 is 4.74 Å². The molecule has 21 heavy (non-hydrogen) atoms. The molecule has 0 N–H and O–H groups in total. The predicted octanol–water partition coefficient (Wildman–Crippen LogP) is 5.09. The molecule has 0 radical (unpaired) electrons. The largest absolute Gasteiger partial charge is 0.493 e. The van der Waals surface area contributed by atoms with Crippen LogP contribution in [0.25, 0.3) is 0 Å². The third-order valence-corrected chi connectivity index (χ3v) is 4.74. The Bertz CT molecular complexity index is 538. The minimum absolute atomic E-state index is 0.128. The Balaban J connectivity index is 2.69. The maximum atomic E-state index is 11.4. The zero-order valence-electron chi connectivity index (χ0n) is 13.1. The molecule has 0 fully saturated rings. The Morgan fingerprint density at radius 1 is 1.14 bits per heavy atom. The second-order valence-corrected chi connectivity index (χ2v) is 8.12. The fraction of sp³-hybridized carbons (Fsp3) is 0.625. The van der Waals surface area contributed by atoms with Crippen LogP contribution in [-0.2, 0) is 9.05 Å². The normalized spacial score (nSPS) is 11.9. The molecule has 0 aromatic heterocycles. The van der Waals surface area contributed by atoms with E-state index in [2.05, 4.69) is 6.92 Å². The van der Waals surface area contributed by atoms with E-state index in [1.54, 1.807) is 12.1 Å². The first-order chi connectivity index (χ1) is 9.86. The Hall–Kier alpha value is -0.740. The smallest absolute Gasteiger partial charge is 0.261 e. The summed E-state index contributed by atoms with van der Waals surface area (Å²) in [6, 6.07) is 4.82. The van der Waals surface area contributed by atoms with E-state index >= 15 is 0 Å². The number of benzene rings is 1. The van der Waals surface area contributed by atoms with Gasteiger partial charge in [-0.15, -0.1) is 0 Å². The van der Waals surface area contributed by atoms with E-state index in [0.717, 1.165) is 17.7 Å². The van der Waals surface area contributed by atoms with E-state index in [1.165, 1.54) is 31.7 Å². The number of ether oxygens (including phenoxy) is 1. The fourth-order valence-corrected chi connectivity index (χ4v) is 2.93. The fourth-order valence-electron chi connectivity index (χ4n) is 2.15. The van der Waals surface area contributed by atoms with Crippen molar-refractivity contribution in [1.29, 1.82) is 0 Å². The van der Waals surface area contributed by atoms with Gasteiger partial charge in [0, 0.05) is 10.7 Å². The van der Waals surface area contributed by atoms with Gasteiger partial charge in [-0.05, 0) is 36.1 Å². The van der Waals surface area contributed by atoms with Crippen molar-refractivity contribution in [3.8, 4) is 5.75 Å². The molecule has 1 rings (SSSR count). The second kappa shape index (κ2) is 8.64. The summed E-state index contributed by atoms with van der Waals surface area (Å²) in [5, 5.41) is 0. The van der Waals surface area contributed by atoms with Crippen molar-refractivity contribution in [3.05, 3.63) is 23.8 Å². The monoisotopic (exact) mass is 332 g/mol. The van der Waals surface area contributed by atoms with Crippen LogP contribution in [0, 0.1) is 0 Å². The summed E-state index contributed by atoms with van der Waals surface area (Å²) in [6.45, 7) is 6.87. The highest BCUT2D eigenvalue weighted by molar-refractivity contribution is 8.13. The molecule has 0 saturated heterocycles. The molecule has 0 spiro atoms. The van der Waals surface area contributed by atoms with Crippen LogP contribution in [-0.4, -0.2) is 15.0 Å². The predicted molar refractivity (Wildman–Crippen MR) is 87.8 cm³/mol. The van der Waals surface area contributed by atoms with E-state index in [-0.39, 0.29) is 10.8 Å². The van der Waals surface area contributed by atoms with Gasteiger partial charge < -0.3 is 4.74 Å². The van der Waals surface area contributed by atoms with Crippen LogP contribution in [0.15, 0.2) is 23.1 Å². The van der Waals surface area contributed by atoms with Crippen LogP contribution in [0.2, 0.25) is 0 Å². The average Bonchev–Trinajstić information content (AvgIpc) is 2.41. The Kier molecular flexibility index (Phi) is 7.53. The zero-order chi connectivity index (χ0) is 15.9. The molecule has 0 aliphatic rings. The van der Waals surface area contributed by atoms with E-state index in [9.17, 15) is 8.42 Å². The molecule has 1 aromatic carbocycles. The molecule has 0 aliphatic heterocycles. The lowest BCUT2D eigenvalue weighted by molar-refractivity contribution is 0.300. The summed E-state index contributed by atoms with van der Waals surface area (Å²) in [5.41, 5.74) is 0.880. The first-order valence-electron chi connectivity index (χ1n) is 7.57. The van der Waals surface area contributed by atoms with Crippen molar-refractivity contribution < 1.29 is 13.2 Å². The molecule has 3 nitrogen and oxygen atoms in total. The lowest BCUT2D eigenvalue weighted by Crippen LogP contribution is -2.03. The van der Waals surface area contributed by atoms with Gasteiger partial charge in [-0.2, -0.15) is 0 Å². The average molecular weight is 333 g/mol. The summed E-state index contributed by atoms with van der Waals surface area (Å²) in [7, 11) is 1.70. The van der Waals surface area contributed by atoms with Crippen molar-refractivity contribution in [2.24, 2.45) is 0 Å². The minimum atomic E-state index is -3.69. The van der Waals surface area contributed by atoms with Gasteiger partial charge in [0.15, 0.2) is 0 Å². The van der Waals surface area contributed by atoms with E-state index in [0.29, 0.717) is 6.61 Å². The van der Waals surface area contributed by atoms with Crippen LogP contribution in [0.1, 0.15) is 64.4 Å². The third kappa shape index (κ3) is 6.27. The first-order valence-corrected chi connectivity index (χ1v) is 9.88. The van der Waals surface area contributed by atoms with Gasteiger partial charge in [0.1, 0.15) is 5.75 Å². The van der Waals surface area contributed by atoms with E-state index < -0.39 is 9.05 Å². The highest BCUT2D eigenvalue weighted by Gasteiger charge is 2.15. The quantitative estimate of drug-likeness (QED) is 0.467. The summed E-state index contributed by atoms with van der Waals surface area (Å²) in [5.74, 6) is 0.933. The summed E-state index contributed by atoms with van der Waals surface area (Å²) in [6.07, 6.45) is 5.92. The SMILES string of the molecule is CCCCCCCOc1ccc(S(=O)(=O)Cl)cc1C(C)C. The minimum Gasteiger partial charge on any atom is -0.493 e. The van der Waals surface area contributed by atoms with Gasteiger partial charge in [-0.1, -0.05) is 46.5 Å². The van der Waals surface area contributed by atoms with Crippen LogP contribution in [0.5, 0.6) is 5.75 Å². The third-order valence-electron chi connectivity index (χ3n) is 3.39. The number of unbranched alkanes of at least 4 members (excludes halogenated alkanes) is 4. The molecule has 0 heterocycles. The van der Waals surface area contributed by atoms with Crippen LogP contribution in [0.3, 0.4) is 0 Å². The van der Waals surface area contributed by atoms with Crippen LogP contribution in [0.4, 0.5) is 0 Å². The zero-order valence-corrected chi connectivity index (χ0v) is 14.6. The van der Waals surface area contributed by atoms with Gasteiger partial charge in [0.05, 0.1) is 11.5 Å². The molecule has 0 atom stereocenters. The number of halogens is 1. The maximum absolute atomic E-state index is 11.4.